The molecule has 1 heterocycles. The van der Waals surface area contributed by atoms with Crippen LogP contribution in [0, 0.1) is 0 Å². The third-order valence-corrected chi connectivity index (χ3v) is 4.10. The van der Waals surface area contributed by atoms with E-state index < -0.39 is 6.61 Å². The van der Waals surface area contributed by atoms with Gasteiger partial charge in [-0.25, -0.2) is 4.79 Å². The number of methoxy groups -OCH3 is 1. The first kappa shape index (κ1) is 18.8. The van der Waals surface area contributed by atoms with E-state index in [4.69, 9.17) is 9.47 Å². The van der Waals surface area contributed by atoms with Crippen LogP contribution in [0.4, 0.5) is 13.6 Å². The van der Waals surface area contributed by atoms with Crippen LogP contribution in [-0.4, -0.2) is 32.4 Å². The number of benzene rings is 2. The van der Waals surface area contributed by atoms with Gasteiger partial charge in [-0.15, -0.1) is 0 Å². The molecular formula is C19H20F2N2O4. The van der Waals surface area contributed by atoms with Gasteiger partial charge < -0.3 is 24.8 Å². The number of hydrogen-bond acceptors (Lipinski definition) is 4. The highest BCUT2D eigenvalue weighted by atomic mass is 19.3. The Hall–Kier alpha value is -3.03. The summed E-state index contributed by atoms with van der Waals surface area (Å²) in [6, 6.07) is 12.0. The van der Waals surface area contributed by atoms with Crippen molar-refractivity contribution < 1.29 is 27.8 Å². The van der Waals surface area contributed by atoms with Crippen LogP contribution < -0.4 is 24.8 Å². The molecule has 3 rings (SSSR count). The molecule has 144 valence electrons. The molecule has 0 fully saturated rings. The fourth-order valence-electron chi connectivity index (χ4n) is 2.84. The van der Waals surface area contributed by atoms with Crippen LogP contribution >= 0.6 is 0 Å². The average molecular weight is 378 g/mol. The molecule has 1 aliphatic heterocycles. The zero-order valence-electron chi connectivity index (χ0n) is 14.7. The van der Waals surface area contributed by atoms with Crippen molar-refractivity contribution in [2.24, 2.45) is 0 Å². The zero-order valence-corrected chi connectivity index (χ0v) is 14.7. The first-order chi connectivity index (χ1) is 13.0. The predicted octanol–water partition coefficient (Wildman–Crippen LogP) is 3.10. The number of carbonyl (C=O) groups is 1. The Bertz CT molecular complexity index is 776. The Kier molecular flexibility index (Phi) is 5.95. The number of rotatable bonds is 7. The van der Waals surface area contributed by atoms with Crippen molar-refractivity contribution in [3.63, 3.8) is 0 Å². The second-order valence-electron chi connectivity index (χ2n) is 5.98. The molecule has 1 atom stereocenters. The van der Waals surface area contributed by atoms with Crippen molar-refractivity contribution in [2.75, 3.05) is 13.7 Å². The highest BCUT2D eigenvalue weighted by molar-refractivity contribution is 5.73. The van der Waals surface area contributed by atoms with Gasteiger partial charge in [0.05, 0.1) is 13.7 Å². The van der Waals surface area contributed by atoms with Gasteiger partial charge in [0.2, 0.25) is 0 Å². The Morgan fingerprint density at radius 3 is 2.78 bits per heavy atom. The summed E-state index contributed by atoms with van der Waals surface area (Å²) in [4.78, 5) is 12.0. The number of ether oxygens (including phenoxy) is 3. The molecule has 2 aromatic rings. The first-order valence-corrected chi connectivity index (χ1v) is 8.43. The topological polar surface area (TPSA) is 68.8 Å². The van der Waals surface area contributed by atoms with Crippen molar-refractivity contribution in [2.45, 2.75) is 25.7 Å². The molecule has 0 saturated heterocycles. The highest BCUT2D eigenvalue weighted by Crippen LogP contribution is 2.29. The Morgan fingerprint density at radius 1 is 1.22 bits per heavy atom. The molecule has 0 saturated carbocycles. The van der Waals surface area contributed by atoms with Gasteiger partial charge >= 0.3 is 12.6 Å². The molecule has 2 aromatic carbocycles. The van der Waals surface area contributed by atoms with Crippen molar-refractivity contribution >= 4 is 6.03 Å². The number of nitrogens with one attached hydrogen (secondary N) is 2. The minimum absolute atomic E-state index is 0.0793. The van der Waals surface area contributed by atoms with E-state index in [9.17, 15) is 13.6 Å². The van der Waals surface area contributed by atoms with Gasteiger partial charge in [0.1, 0.15) is 11.9 Å². The van der Waals surface area contributed by atoms with Gasteiger partial charge in [0, 0.05) is 13.0 Å². The molecule has 1 aliphatic rings. The molecule has 27 heavy (non-hydrogen) atoms. The number of alkyl halides is 2. The number of fused-ring (bicyclic) bond motifs is 1. The van der Waals surface area contributed by atoms with Crippen LogP contribution in [0.2, 0.25) is 0 Å². The summed E-state index contributed by atoms with van der Waals surface area (Å²) in [5.74, 6) is 0.959. The maximum atomic E-state index is 12.5. The van der Waals surface area contributed by atoms with Crippen molar-refractivity contribution in [1.29, 1.82) is 0 Å². The van der Waals surface area contributed by atoms with Crippen LogP contribution in [0.3, 0.4) is 0 Å². The van der Waals surface area contributed by atoms with Gasteiger partial charge in [0.15, 0.2) is 11.5 Å². The summed E-state index contributed by atoms with van der Waals surface area (Å²) in [7, 11) is 1.36. The third-order valence-electron chi connectivity index (χ3n) is 4.10. The fraction of sp³-hybridized carbons (Fsp3) is 0.316. The second-order valence-corrected chi connectivity index (χ2v) is 5.98. The van der Waals surface area contributed by atoms with E-state index in [0.717, 1.165) is 17.7 Å². The van der Waals surface area contributed by atoms with Crippen LogP contribution in [0.1, 0.15) is 11.1 Å². The summed E-state index contributed by atoms with van der Waals surface area (Å²) >= 11 is 0. The number of amides is 2. The molecule has 6 nitrogen and oxygen atoms in total. The number of urea groups is 1. The molecular weight excluding hydrogens is 358 g/mol. The van der Waals surface area contributed by atoms with Gasteiger partial charge in [0.25, 0.3) is 0 Å². The summed E-state index contributed by atoms with van der Waals surface area (Å²) in [5, 5.41) is 5.42. The molecule has 0 radical (unpaired) electrons. The maximum Gasteiger partial charge on any atom is 0.387 e. The van der Waals surface area contributed by atoms with E-state index in [1.165, 1.54) is 19.2 Å². The van der Waals surface area contributed by atoms with Crippen LogP contribution in [0.15, 0.2) is 42.5 Å². The van der Waals surface area contributed by atoms with E-state index in [-0.39, 0.29) is 30.2 Å². The number of hydrogen-bond donors (Lipinski definition) is 2. The summed E-state index contributed by atoms with van der Waals surface area (Å²) in [6.07, 6.45) is 0.628. The van der Waals surface area contributed by atoms with E-state index in [1.807, 2.05) is 24.3 Å². The van der Waals surface area contributed by atoms with E-state index >= 15 is 0 Å². The third kappa shape index (κ3) is 4.99. The molecule has 0 aliphatic carbocycles. The first-order valence-electron chi connectivity index (χ1n) is 8.43. The van der Waals surface area contributed by atoms with Crippen molar-refractivity contribution in [3.8, 4) is 17.2 Å². The zero-order chi connectivity index (χ0) is 19.2. The molecule has 1 unspecified atom stereocenters. The summed E-state index contributed by atoms with van der Waals surface area (Å²) in [6.45, 7) is -2.44. The Balaban J connectivity index is 1.47. The fourth-order valence-corrected chi connectivity index (χ4v) is 2.84. The minimum atomic E-state index is -2.96. The molecule has 2 amide bonds. The van der Waals surface area contributed by atoms with Crippen LogP contribution in [0.25, 0.3) is 0 Å². The SMILES string of the molecule is COc1ccc(CNC(=O)NCC2Cc3ccccc3O2)cc1OC(F)F. The molecule has 0 bridgehead atoms. The van der Waals surface area contributed by atoms with Gasteiger partial charge in [-0.3, -0.25) is 0 Å². The Morgan fingerprint density at radius 2 is 2.04 bits per heavy atom. The van der Waals surface area contributed by atoms with Crippen LogP contribution in [-0.2, 0) is 13.0 Å². The van der Waals surface area contributed by atoms with E-state index in [0.29, 0.717) is 12.1 Å². The van der Waals surface area contributed by atoms with Crippen molar-refractivity contribution in [1.82, 2.24) is 10.6 Å². The summed E-state index contributed by atoms with van der Waals surface area (Å²) in [5.41, 5.74) is 1.72. The average Bonchev–Trinajstić information content (AvgIpc) is 3.07. The lowest BCUT2D eigenvalue weighted by atomic mass is 10.1. The maximum absolute atomic E-state index is 12.5. The predicted molar refractivity (Wildman–Crippen MR) is 94.4 cm³/mol. The number of para-hydroxylation sites is 1. The lowest BCUT2D eigenvalue weighted by Gasteiger charge is -2.14. The lowest BCUT2D eigenvalue weighted by molar-refractivity contribution is -0.0512. The lowest BCUT2D eigenvalue weighted by Crippen LogP contribution is -2.40. The highest BCUT2D eigenvalue weighted by Gasteiger charge is 2.22. The molecule has 8 heteroatoms. The normalized spacial score (nSPS) is 15.0. The summed E-state index contributed by atoms with van der Waals surface area (Å²) < 4.78 is 40.1. The van der Waals surface area contributed by atoms with Gasteiger partial charge in [-0.05, 0) is 29.3 Å². The largest absolute Gasteiger partial charge is 0.493 e. The van der Waals surface area contributed by atoms with E-state index in [2.05, 4.69) is 15.4 Å². The minimum Gasteiger partial charge on any atom is -0.493 e. The standard InChI is InChI=1S/C19H20F2N2O4/c1-25-16-7-6-12(8-17(16)27-18(20)21)10-22-19(24)23-11-14-9-13-4-2-3-5-15(13)26-14/h2-8,14,18H,9-11H2,1H3,(H2,22,23,24). The smallest absolute Gasteiger partial charge is 0.387 e. The van der Waals surface area contributed by atoms with Gasteiger partial charge in [-0.1, -0.05) is 24.3 Å². The van der Waals surface area contributed by atoms with E-state index in [1.54, 1.807) is 6.07 Å². The van der Waals surface area contributed by atoms with Gasteiger partial charge in [-0.2, -0.15) is 8.78 Å². The molecule has 2 N–H and O–H groups in total. The number of halogens is 2. The van der Waals surface area contributed by atoms with Crippen molar-refractivity contribution in [3.05, 3.63) is 53.6 Å². The van der Waals surface area contributed by atoms with Crippen LogP contribution in [0.5, 0.6) is 17.2 Å². The number of carbonyl (C=O) groups excluding carboxylic acids is 1. The quantitative estimate of drug-likeness (QED) is 0.777. The Labute approximate surface area is 155 Å². The molecule has 0 aromatic heterocycles. The monoisotopic (exact) mass is 378 g/mol. The molecule has 0 spiro atoms. The second kappa shape index (κ2) is 8.57.